The van der Waals surface area contributed by atoms with Crippen LogP contribution in [-0.4, -0.2) is 6.54 Å². The highest BCUT2D eigenvalue weighted by Crippen LogP contribution is 2.20. The third-order valence-electron chi connectivity index (χ3n) is 2.30. The van der Waals surface area contributed by atoms with E-state index in [4.69, 9.17) is 5.73 Å². The SMILES string of the molecule is NCCc1ccc2cc(Br)ccc2c1. The summed E-state index contributed by atoms with van der Waals surface area (Å²) in [5.41, 5.74) is 6.83. The van der Waals surface area contributed by atoms with Gasteiger partial charge in [-0.3, -0.25) is 0 Å². The molecule has 72 valence electrons. The van der Waals surface area contributed by atoms with E-state index in [1.54, 1.807) is 0 Å². The van der Waals surface area contributed by atoms with Crippen LogP contribution in [0.3, 0.4) is 0 Å². The molecule has 2 aromatic rings. The van der Waals surface area contributed by atoms with Crippen molar-refractivity contribution in [3.63, 3.8) is 0 Å². The highest BCUT2D eigenvalue weighted by molar-refractivity contribution is 9.10. The van der Waals surface area contributed by atoms with Crippen LogP contribution in [-0.2, 0) is 6.42 Å². The first-order valence-electron chi connectivity index (χ1n) is 4.68. The van der Waals surface area contributed by atoms with Gasteiger partial charge in [0.2, 0.25) is 0 Å². The summed E-state index contributed by atoms with van der Waals surface area (Å²) >= 11 is 3.46. The van der Waals surface area contributed by atoms with Gasteiger partial charge >= 0.3 is 0 Å². The quantitative estimate of drug-likeness (QED) is 0.870. The van der Waals surface area contributed by atoms with Crippen molar-refractivity contribution >= 4 is 26.7 Å². The van der Waals surface area contributed by atoms with E-state index >= 15 is 0 Å². The molecule has 1 nitrogen and oxygen atoms in total. The third-order valence-corrected chi connectivity index (χ3v) is 2.79. The molecule has 0 saturated carbocycles. The second-order valence-corrected chi connectivity index (χ2v) is 4.28. The fourth-order valence-electron chi connectivity index (χ4n) is 1.59. The van der Waals surface area contributed by atoms with E-state index in [0.717, 1.165) is 10.9 Å². The van der Waals surface area contributed by atoms with Crippen molar-refractivity contribution in [2.75, 3.05) is 6.54 Å². The van der Waals surface area contributed by atoms with Gasteiger partial charge < -0.3 is 5.73 Å². The monoisotopic (exact) mass is 249 g/mol. The zero-order valence-electron chi connectivity index (χ0n) is 7.83. The van der Waals surface area contributed by atoms with E-state index in [9.17, 15) is 0 Å². The summed E-state index contributed by atoms with van der Waals surface area (Å²) in [6, 6.07) is 12.8. The van der Waals surface area contributed by atoms with Crippen LogP contribution in [0.4, 0.5) is 0 Å². The van der Waals surface area contributed by atoms with Crippen molar-refractivity contribution in [3.05, 3.63) is 46.4 Å². The van der Waals surface area contributed by atoms with Crippen molar-refractivity contribution in [3.8, 4) is 0 Å². The third kappa shape index (κ3) is 1.97. The van der Waals surface area contributed by atoms with Crippen molar-refractivity contribution in [1.82, 2.24) is 0 Å². The van der Waals surface area contributed by atoms with Crippen LogP contribution >= 0.6 is 15.9 Å². The molecule has 0 aliphatic rings. The Morgan fingerprint density at radius 1 is 1.00 bits per heavy atom. The molecule has 0 unspecified atom stereocenters. The lowest BCUT2D eigenvalue weighted by atomic mass is 10.1. The Hall–Kier alpha value is -0.860. The van der Waals surface area contributed by atoms with Gasteiger partial charge in [0.15, 0.2) is 0 Å². The molecule has 0 radical (unpaired) electrons. The standard InChI is InChI=1S/C12H12BrN/c13-12-4-3-10-7-9(5-6-14)1-2-11(10)8-12/h1-4,7-8H,5-6,14H2. The number of benzene rings is 2. The fourth-order valence-corrected chi connectivity index (χ4v) is 1.97. The van der Waals surface area contributed by atoms with E-state index in [1.807, 2.05) is 0 Å². The Morgan fingerprint density at radius 3 is 2.50 bits per heavy atom. The average molecular weight is 250 g/mol. The Morgan fingerprint density at radius 2 is 1.71 bits per heavy atom. The van der Waals surface area contributed by atoms with E-state index in [-0.39, 0.29) is 0 Å². The second kappa shape index (κ2) is 4.11. The molecule has 0 aromatic heterocycles. The molecule has 2 N–H and O–H groups in total. The molecule has 14 heavy (non-hydrogen) atoms. The van der Waals surface area contributed by atoms with Crippen LogP contribution in [0.1, 0.15) is 5.56 Å². The summed E-state index contributed by atoms with van der Waals surface area (Å²) in [6.07, 6.45) is 0.950. The van der Waals surface area contributed by atoms with Gasteiger partial charge in [-0.25, -0.2) is 0 Å². The van der Waals surface area contributed by atoms with Crippen LogP contribution in [0.15, 0.2) is 40.9 Å². The molecular weight excluding hydrogens is 238 g/mol. The summed E-state index contributed by atoms with van der Waals surface area (Å²) in [5, 5.41) is 2.54. The van der Waals surface area contributed by atoms with Crippen molar-refractivity contribution in [2.45, 2.75) is 6.42 Å². The molecule has 0 bridgehead atoms. The molecule has 0 fully saturated rings. The van der Waals surface area contributed by atoms with Gasteiger partial charge in [-0.2, -0.15) is 0 Å². The minimum atomic E-state index is 0.710. The van der Waals surface area contributed by atoms with Crippen LogP contribution < -0.4 is 5.73 Å². The topological polar surface area (TPSA) is 26.0 Å². The summed E-state index contributed by atoms with van der Waals surface area (Å²) in [7, 11) is 0. The molecule has 0 saturated heterocycles. The molecule has 0 spiro atoms. The first-order chi connectivity index (χ1) is 6.79. The predicted octanol–water partition coefficient (Wildman–Crippen LogP) is 3.10. The van der Waals surface area contributed by atoms with Crippen LogP contribution in [0.2, 0.25) is 0 Å². The Kier molecular flexibility index (Phi) is 2.85. The smallest absolute Gasteiger partial charge is 0.0181 e. The lowest BCUT2D eigenvalue weighted by Crippen LogP contribution is -2.02. The molecular formula is C12H12BrN. The molecule has 2 heteroatoms. The summed E-state index contributed by atoms with van der Waals surface area (Å²) in [4.78, 5) is 0. The second-order valence-electron chi connectivity index (χ2n) is 3.36. The number of hydrogen-bond donors (Lipinski definition) is 1. The van der Waals surface area contributed by atoms with Gasteiger partial charge in [-0.05, 0) is 41.4 Å². The molecule has 0 heterocycles. The lowest BCUT2D eigenvalue weighted by molar-refractivity contribution is 0.971. The van der Waals surface area contributed by atoms with Crippen LogP contribution in [0.5, 0.6) is 0 Å². The maximum absolute atomic E-state index is 5.52. The summed E-state index contributed by atoms with van der Waals surface area (Å²) in [5.74, 6) is 0. The van der Waals surface area contributed by atoms with Gasteiger partial charge in [-0.15, -0.1) is 0 Å². The van der Waals surface area contributed by atoms with Gasteiger partial charge in [-0.1, -0.05) is 40.2 Å². The maximum Gasteiger partial charge on any atom is 0.0181 e. The number of nitrogens with two attached hydrogens (primary N) is 1. The maximum atomic E-state index is 5.52. The minimum Gasteiger partial charge on any atom is -0.330 e. The minimum absolute atomic E-state index is 0.710. The number of hydrogen-bond acceptors (Lipinski definition) is 1. The molecule has 0 amide bonds. The normalized spacial score (nSPS) is 10.7. The first kappa shape index (κ1) is 9.69. The molecule has 2 aromatic carbocycles. The number of rotatable bonds is 2. The zero-order chi connectivity index (χ0) is 9.97. The van der Waals surface area contributed by atoms with Crippen molar-refractivity contribution in [1.29, 1.82) is 0 Å². The van der Waals surface area contributed by atoms with Crippen LogP contribution in [0.25, 0.3) is 10.8 Å². The van der Waals surface area contributed by atoms with Crippen LogP contribution in [0, 0.1) is 0 Å². The van der Waals surface area contributed by atoms with Crippen molar-refractivity contribution in [2.24, 2.45) is 5.73 Å². The molecule has 0 atom stereocenters. The highest BCUT2D eigenvalue weighted by Gasteiger charge is 1.96. The fraction of sp³-hybridized carbons (Fsp3) is 0.167. The lowest BCUT2D eigenvalue weighted by Gasteiger charge is -2.02. The first-order valence-corrected chi connectivity index (χ1v) is 5.47. The van der Waals surface area contributed by atoms with E-state index < -0.39 is 0 Å². The van der Waals surface area contributed by atoms with Gasteiger partial charge in [0.1, 0.15) is 0 Å². The van der Waals surface area contributed by atoms with E-state index in [1.165, 1.54) is 16.3 Å². The van der Waals surface area contributed by atoms with Gasteiger partial charge in [0.25, 0.3) is 0 Å². The zero-order valence-corrected chi connectivity index (χ0v) is 9.42. The van der Waals surface area contributed by atoms with Gasteiger partial charge in [0, 0.05) is 4.47 Å². The Balaban J connectivity index is 2.50. The largest absolute Gasteiger partial charge is 0.330 e. The van der Waals surface area contributed by atoms with E-state index in [2.05, 4.69) is 52.3 Å². The Bertz CT molecular complexity index is 451. The Labute approximate surface area is 92.1 Å². The molecule has 2 rings (SSSR count). The summed E-state index contributed by atoms with van der Waals surface area (Å²) < 4.78 is 1.12. The number of halogens is 1. The van der Waals surface area contributed by atoms with E-state index in [0.29, 0.717) is 6.54 Å². The molecule has 0 aliphatic heterocycles. The van der Waals surface area contributed by atoms with Gasteiger partial charge in [0.05, 0.1) is 0 Å². The number of fused-ring (bicyclic) bond motifs is 1. The predicted molar refractivity (Wildman–Crippen MR) is 64.4 cm³/mol. The average Bonchev–Trinajstić information content (AvgIpc) is 2.19. The van der Waals surface area contributed by atoms with Crippen molar-refractivity contribution < 1.29 is 0 Å². The molecule has 0 aliphatic carbocycles. The highest BCUT2D eigenvalue weighted by atomic mass is 79.9. The summed E-state index contributed by atoms with van der Waals surface area (Å²) in [6.45, 7) is 0.710.